The summed E-state index contributed by atoms with van der Waals surface area (Å²) in [5, 5.41) is 2.36. The number of amides is 1. The van der Waals surface area contributed by atoms with Gasteiger partial charge in [0.05, 0.1) is 15.5 Å². The average molecular weight is 428 g/mol. The molecular formula is C20H27F2N3O3S. The zero-order valence-electron chi connectivity index (χ0n) is 17.5. The van der Waals surface area contributed by atoms with Crippen molar-refractivity contribution in [3.05, 3.63) is 35.1 Å². The Labute approximate surface area is 171 Å². The van der Waals surface area contributed by atoms with E-state index in [0.717, 1.165) is 0 Å². The van der Waals surface area contributed by atoms with Crippen molar-refractivity contribution >= 4 is 21.7 Å². The lowest BCUT2D eigenvalue weighted by atomic mass is 10.1. The minimum absolute atomic E-state index is 0.0981. The minimum Gasteiger partial charge on any atom is -0.444 e. The van der Waals surface area contributed by atoms with Crippen LogP contribution in [0.25, 0.3) is 0 Å². The molecule has 0 radical (unpaired) electrons. The molecule has 1 atom stereocenters. The number of carbonyl (C=O) groups excluding carboxylic acids is 1. The number of carbonyl (C=O) groups is 1. The summed E-state index contributed by atoms with van der Waals surface area (Å²) in [6, 6.07) is 4.01. The van der Waals surface area contributed by atoms with Crippen molar-refractivity contribution in [3.63, 3.8) is 0 Å². The number of alkyl halides is 1. The van der Waals surface area contributed by atoms with Crippen LogP contribution in [0.3, 0.4) is 0 Å². The second-order valence-corrected chi connectivity index (χ2v) is 10.6. The molecule has 160 valence electrons. The van der Waals surface area contributed by atoms with E-state index in [0.29, 0.717) is 5.56 Å². The average Bonchev–Trinajstić information content (AvgIpc) is 2.61. The number of aliphatic imine (C=N–C) groups is 1. The number of halogens is 2. The fraction of sp³-hybridized carbons (Fsp3) is 0.500. The number of nitrogens with one attached hydrogen (secondary N) is 1. The molecule has 0 aromatic heterocycles. The van der Waals surface area contributed by atoms with Crippen LogP contribution in [0.15, 0.2) is 27.6 Å². The monoisotopic (exact) mass is 427 g/mol. The zero-order valence-corrected chi connectivity index (χ0v) is 18.3. The van der Waals surface area contributed by atoms with Gasteiger partial charge in [-0.25, -0.2) is 27.1 Å². The predicted molar refractivity (Wildman–Crippen MR) is 111 cm³/mol. The molecule has 0 heterocycles. The maximum Gasteiger partial charge on any atom is 0.413 e. The van der Waals surface area contributed by atoms with Gasteiger partial charge in [-0.15, -0.1) is 6.42 Å². The number of ether oxygens (including phenoxy) is 1. The van der Waals surface area contributed by atoms with E-state index in [1.807, 2.05) is 0 Å². The van der Waals surface area contributed by atoms with Crippen LogP contribution < -0.4 is 5.32 Å². The van der Waals surface area contributed by atoms with Crippen LogP contribution in [0.1, 0.15) is 45.7 Å². The van der Waals surface area contributed by atoms with Crippen LogP contribution in [0, 0.1) is 18.2 Å². The van der Waals surface area contributed by atoms with Gasteiger partial charge in [0.15, 0.2) is 6.80 Å². The first-order chi connectivity index (χ1) is 13.3. The summed E-state index contributed by atoms with van der Waals surface area (Å²) in [5.74, 6) is 1.28. The second kappa shape index (κ2) is 9.35. The molecule has 1 rings (SSSR count). The van der Waals surface area contributed by atoms with E-state index in [9.17, 15) is 17.8 Å². The molecule has 1 aromatic carbocycles. The van der Waals surface area contributed by atoms with Crippen molar-refractivity contribution < 1.29 is 22.5 Å². The molecule has 0 saturated carbocycles. The van der Waals surface area contributed by atoms with Crippen LogP contribution in [-0.4, -0.2) is 40.3 Å². The van der Waals surface area contributed by atoms with E-state index in [2.05, 4.69) is 20.6 Å². The Morgan fingerprint density at radius 2 is 1.93 bits per heavy atom. The highest BCUT2D eigenvalue weighted by Crippen LogP contribution is 2.27. The first kappa shape index (κ1) is 24.6. The molecule has 0 aliphatic heterocycles. The highest BCUT2D eigenvalue weighted by Gasteiger charge is 2.39. The number of amidine groups is 1. The number of rotatable bonds is 5. The summed E-state index contributed by atoms with van der Waals surface area (Å²) in [4.78, 5) is 15.8. The van der Waals surface area contributed by atoms with E-state index in [4.69, 9.17) is 11.2 Å². The molecule has 0 saturated heterocycles. The van der Waals surface area contributed by atoms with E-state index < -0.39 is 38.8 Å². The molecule has 1 amide bonds. The van der Waals surface area contributed by atoms with Crippen molar-refractivity contribution in [1.29, 1.82) is 0 Å². The van der Waals surface area contributed by atoms with E-state index in [1.165, 1.54) is 39.1 Å². The van der Waals surface area contributed by atoms with Gasteiger partial charge in [0, 0.05) is 18.2 Å². The Kier molecular flexibility index (Phi) is 7.92. The van der Waals surface area contributed by atoms with Gasteiger partial charge in [-0.05, 0) is 52.8 Å². The van der Waals surface area contributed by atoms with Crippen molar-refractivity contribution in [3.8, 4) is 12.3 Å². The van der Waals surface area contributed by atoms with Gasteiger partial charge in [-0.1, -0.05) is 5.92 Å². The number of alkyl carbamates (subject to hydrolysis) is 1. The van der Waals surface area contributed by atoms with Gasteiger partial charge in [0.25, 0.3) is 0 Å². The SMILES string of the molecule is C#Cc1ccc(F)c(CS(=O)(=NC)C(C)(C)C(=NCF)NC(=O)OC(C)(C)C)c1. The fourth-order valence-electron chi connectivity index (χ4n) is 2.45. The lowest BCUT2D eigenvalue weighted by molar-refractivity contribution is 0.0561. The summed E-state index contributed by atoms with van der Waals surface area (Å²) < 4.78 is 48.8. The standard InChI is InChI=1S/C20H27F2N3O3S/c1-8-14-9-10-16(22)15(11-14)12-29(27,23-7)20(5,6)17(24-13-21)25-18(26)28-19(2,3)4/h1,9-11H,12-13H2,2-7H3,(H,24,25,26). The molecule has 6 nitrogen and oxygen atoms in total. The van der Waals surface area contributed by atoms with Crippen LogP contribution in [-0.2, 0) is 20.2 Å². The Bertz CT molecular complexity index is 951. The molecule has 0 bridgehead atoms. The Morgan fingerprint density at radius 3 is 2.41 bits per heavy atom. The maximum absolute atomic E-state index is 14.3. The molecule has 29 heavy (non-hydrogen) atoms. The molecule has 0 aliphatic rings. The highest BCUT2D eigenvalue weighted by molar-refractivity contribution is 7.95. The lowest BCUT2D eigenvalue weighted by Gasteiger charge is -2.31. The Hall–Kier alpha value is -2.47. The van der Waals surface area contributed by atoms with Crippen LogP contribution in [0.4, 0.5) is 13.6 Å². The highest BCUT2D eigenvalue weighted by atomic mass is 32.2. The largest absolute Gasteiger partial charge is 0.444 e. The third kappa shape index (κ3) is 6.26. The van der Waals surface area contributed by atoms with Crippen molar-refractivity contribution in [2.24, 2.45) is 9.36 Å². The van der Waals surface area contributed by atoms with Crippen molar-refractivity contribution in [1.82, 2.24) is 5.32 Å². The fourth-order valence-corrected chi connectivity index (χ4v) is 4.46. The third-order valence-corrected chi connectivity index (χ3v) is 7.14. The Morgan fingerprint density at radius 1 is 1.31 bits per heavy atom. The first-order valence-electron chi connectivity index (χ1n) is 8.78. The number of hydrogen-bond donors (Lipinski definition) is 1. The summed E-state index contributed by atoms with van der Waals surface area (Å²) in [6.07, 6.45) is 4.48. The van der Waals surface area contributed by atoms with Gasteiger partial charge < -0.3 is 4.74 Å². The minimum atomic E-state index is -3.27. The summed E-state index contributed by atoms with van der Waals surface area (Å²) in [6.45, 7) is 6.80. The number of hydrogen-bond acceptors (Lipinski definition) is 5. The first-order valence-corrected chi connectivity index (χ1v) is 10.5. The van der Waals surface area contributed by atoms with Crippen molar-refractivity contribution in [2.75, 3.05) is 13.8 Å². The van der Waals surface area contributed by atoms with E-state index in [1.54, 1.807) is 20.8 Å². The van der Waals surface area contributed by atoms with Gasteiger partial charge in [0.2, 0.25) is 0 Å². The smallest absolute Gasteiger partial charge is 0.413 e. The lowest BCUT2D eigenvalue weighted by Crippen LogP contribution is -2.51. The summed E-state index contributed by atoms with van der Waals surface area (Å²) in [7, 11) is -1.95. The van der Waals surface area contributed by atoms with Gasteiger partial charge in [0.1, 0.15) is 22.0 Å². The maximum atomic E-state index is 14.3. The Balaban J connectivity index is 3.35. The van der Waals surface area contributed by atoms with Gasteiger partial charge in [-0.2, -0.15) is 0 Å². The predicted octanol–water partition coefficient (Wildman–Crippen LogP) is 4.03. The molecule has 0 aliphatic carbocycles. The third-order valence-electron chi connectivity index (χ3n) is 4.06. The summed E-state index contributed by atoms with van der Waals surface area (Å²) in [5.41, 5.74) is -0.285. The molecule has 0 fully saturated rings. The van der Waals surface area contributed by atoms with Crippen molar-refractivity contribution in [2.45, 2.75) is 50.7 Å². The number of terminal acetylenes is 1. The molecular weight excluding hydrogens is 400 g/mol. The number of nitrogens with zero attached hydrogens (tertiary/aromatic N) is 2. The van der Waals surface area contributed by atoms with E-state index >= 15 is 0 Å². The number of benzene rings is 1. The zero-order chi connectivity index (χ0) is 22.5. The molecule has 0 spiro atoms. The molecule has 1 aromatic rings. The normalized spacial score (nSPS) is 14.5. The van der Waals surface area contributed by atoms with Crippen LogP contribution >= 0.6 is 0 Å². The quantitative estimate of drug-likeness (QED) is 0.333. The summed E-state index contributed by atoms with van der Waals surface area (Å²) >= 11 is 0. The van der Waals surface area contributed by atoms with Crippen LogP contribution in [0.5, 0.6) is 0 Å². The van der Waals surface area contributed by atoms with E-state index in [-0.39, 0.29) is 17.2 Å². The van der Waals surface area contributed by atoms with Crippen LogP contribution in [0.2, 0.25) is 0 Å². The van der Waals surface area contributed by atoms with Gasteiger partial charge in [-0.3, -0.25) is 5.32 Å². The molecule has 1 N–H and O–H groups in total. The topological polar surface area (TPSA) is 80.1 Å². The van der Waals surface area contributed by atoms with Gasteiger partial charge >= 0.3 is 6.09 Å². The molecule has 9 heteroatoms. The molecule has 1 unspecified atom stereocenters. The second-order valence-electron chi connectivity index (χ2n) is 7.68.